The third kappa shape index (κ3) is 2.47. The van der Waals surface area contributed by atoms with Crippen molar-refractivity contribution in [3.63, 3.8) is 0 Å². The highest BCUT2D eigenvalue weighted by Gasteiger charge is 2.08. The van der Waals surface area contributed by atoms with Gasteiger partial charge in [0.15, 0.2) is 4.34 Å². The molecule has 0 radical (unpaired) electrons. The normalized spacial score (nSPS) is 13.3. The maximum Gasteiger partial charge on any atom is 0.152 e. The van der Waals surface area contributed by atoms with Crippen molar-refractivity contribution in [2.75, 3.05) is 0 Å². The van der Waals surface area contributed by atoms with Gasteiger partial charge >= 0.3 is 0 Å². The summed E-state index contributed by atoms with van der Waals surface area (Å²) in [5.41, 5.74) is 0.765. The minimum Gasteiger partial charge on any atom is -0.382 e. The van der Waals surface area contributed by atoms with E-state index in [2.05, 4.69) is 11.9 Å². The standard InChI is InChI=1S/C8H13NOS2/c1-4-7(10)12-8-9-5(2)6(3)11-8/h7,10H,4H2,1-3H3. The Morgan fingerprint density at radius 3 is 2.67 bits per heavy atom. The average Bonchev–Trinajstić information content (AvgIpc) is 2.31. The van der Waals surface area contributed by atoms with Crippen LogP contribution in [-0.4, -0.2) is 15.5 Å². The second-order valence-corrected chi connectivity index (χ2v) is 5.23. The number of aromatic nitrogens is 1. The van der Waals surface area contributed by atoms with E-state index >= 15 is 0 Å². The first-order chi connectivity index (χ1) is 5.63. The second kappa shape index (κ2) is 4.25. The van der Waals surface area contributed by atoms with Crippen molar-refractivity contribution in [1.82, 2.24) is 4.98 Å². The number of aliphatic hydroxyl groups excluding tert-OH is 1. The molecular formula is C8H13NOS2. The molecule has 0 aromatic carbocycles. The highest BCUT2D eigenvalue weighted by molar-refractivity contribution is 8.01. The first-order valence-electron chi connectivity index (χ1n) is 3.92. The molecule has 0 aliphatic heterocycles. The molecule has 0 bridgehead atoms. The Balaban J connectivity index is 2.64. The zero-order valence-electron chi connectivity index (χ0n) is 7.50. The Morgan fingerprint density at radius 1 is 1.58 bits per heavy atom. The molecular weight excluding hydrogens is 190 g/mol. The number of aliphatic hydroxyl groups is 1. The molecule has 0 saturated carbocycles. The molecule has 0 aliphatic carbocycles. The van der Waals surface area contributed by atoms with Crippen LogP contribution in [0.2, 0.25) is 0 Å². The highest BCUT2D eigenvalue weighted by atomic mass is 32.2. The number of nitrogens with zero attached hydrogens (tertiary/aromatic N) is 1. The fourth-order valence-corrected chi connectivity index (χ4v) is 2.82. The predicted molar refractivity (Wildman–Crippen MR) is 53.7 cm³/mol. The highest BCUT2D eigenvalue weighted by Crippen LogP contribution is 2.29. The van der Waals surface area contributed by atoms with Crippen molar-refractivity contribution in [2.24, 2.45) is 0 Å². The number of thioether (sulfide) groups is 1. The zero-order chi connectivity index (χ0) is 9.14. The summed E-state index contributed by atoms with van der Waals surface area (Å²) in [5, 5.41) is 9.34. The second-order valence-electron chi connectivity index (χ2n) is 2.60. The first-order valence-corrected chi connectivity index (χ1v) is 5.61. The topological polar surface area (TPSA) is 33.1 Å². The largest absolute Gasteiger partial charge is 0.382 e. The van der Waals surface area contributed by atoms with Crippen LogP contribution in [0.15, 0.2) is 4.34 Å². The van der Waals surface area contributed by atoms with E-state index in [0.717, 1.165) is 16.5 Å². The van der Waals surface area contributed by atoms with Gasteiger partial charge in [0.2, 0.25) is 0 Å². The van der Waals surface area contributed by atoms with E-state index in [1.165, 1.54) is 16.6 Å². The Morgan fingerprint density at radius 2 is 2.25 bits per heavy atom. The lowest BCUT2D eigenvalue weighted by Crippen LogP contribution is -1.96. The van der Waals surface area contributed by atoms with E-state index in [1.807, 2.05) is 13.8 Å². The molecule has 1 heterocycles. The van der Waals surface area contributed by atoms with Crippen LogP contribution in [-0.2, 0) is 0 Å². The summed E-state index contributed by atoms with van der Waals surface area (Å²) in [7, 11) is 0. The minimum absolute atomic E-state index is 0.310. The predicted octanol–water partition coefficient (Wildman–Crippen LogP) is 2.58. The lowest BCUT2D eigenvalue weighted by atomic mass is 10.4. The lowest BCUT2D eigenvalue weighted by molar-refractivity contribution is 0.259. The molecule has 0 aliphatic rings. The zero-order valence-corrected chi connectivity index (χ0v) is 9.13. The Kier molecular flexibility index (Phi) is 3.55. The van der Waals surface area contributed by atoms with Gasteiger partial charge in [-0.3, -0.25) is 0 Å². The lowest BCUT2D eigenvalue weighted by Gasteiger charge is -2.02. The summed E-state index contributed by atoms with van der Waals surface area (Å²) in [5.74, 6) is 0. The van der Waals surface area contributed by atoms with Crippen LogP contribution in [0.4, 0.5) is 0 Å². The summed E-state index contributed by atoms with van der Waals surface area (Å²) < 4.78 is 0.972. The van der Waals surface area contributed by atoms with Crippen LogP contribution in [0.25, 0.3) is 0 Å². The van der Waals surface area contributed by atoms with Crippen molar-refractivity contribution in [1.29, 1.82) is 0 Å². The van der Waals surface area contributed by atoms with Gasteiger partial charge in [-0.1, -0.05) is 18.7 Å². The molecule has 1 rings (SSSR count). The summed E-state index contributed by atoms with van der Waals surface area (Å²) in [4.78, 5) is 5.56. The molecule has 2 nitrogen and oxygen atoms in total. The van der Waals surface area contributed by atoms with Crippen LogP contribution in [0.5, 0.6) is 0 Å². The number of rotatable bonds is 3. The SMILES string of the molecule is CCC(O)Sc1nc(C)c(C)s1. The van der Waals surface area contributed by atoms with Gasteiger partial charge in [-0.25, -0.2) is 4.98 Å². The van der Waals surface area contributed by atoms with Gasteiger partial charge in [-0.2, -0.15) is 0 Å². The summed E-state index contributed by atoms with van der Waals surface area (Å²) >= 11 is 3.09. The summed E-state index contributed by atoms with van der Waals surface area (Å²) in [6.07, 6.45) is 0.766. The quantitative estimate of drug-likeness (QED) is 0.605. The van der Waals surface area contributed by atoms with Gasteiger partial charge in [0.05, 0.1) is 5.69 Å². The van der Waals surface area contributed by atoms with Gasteiger partial charge in [0.25, 0.3) is 0 Å². The van der Waals surface area contributed by atoms with Crippen molar-refractivity contribution < 1.29 is 5.11 Å². The van der Waals surface area contributed by atoms with Gasteiger partial charge in [0, 0.05) is 4.88 Å². The maximum absolute atomic E-state index is 9.34. The van der Waals surface area contributed by atoms with Crippen LogP contribution in [0, 0.1) is 13.8 Å². The third-order valence-electron chi connectivity index (χ3n) is 1.60. The Hall–Kier alpha value is -0.0600. The Bertz CT molecular complexity index is 240. The van der Waals surface area contributed by atoms with E-state index in [0.29, 0.717) is 0 Å². The van der Waals surface area contributed by atoms with E-state index in [-0.39, 0.29) is 5.44 Å². The number of thiazole rings is 1. The molecule has 0 fully saturated rings. The monoisotopic (exact) mass is 203 g/mol. The molecule has 1 aromatic rings. The van der Waals surface area contributed by atoms with Crippen LogP contribution < -0.4 is 0 Å². The molecule has 1 unspecified atom stereocenters. The average molecular weight is 203 g/mol. The van der Waals surface area contributed by atoms with Crippen molar-refractivity contribution in [2.45, 2.75) is 37.0 Å². The number of aryl methyl sites for hydroxylation is 2. The molecule has 1 aromatic heterocycles. The van der Waals surface area contributed by atoms with Crippen LogP contribution in [0.1, 0.15) is 23.9 Å². The van der Waals surface area contributed by atoms with Crippen LogP contribution >= 0.6 is 23.1 Å². The molecule has 1 atom stereocenters. The van der Waals surface area contributed by atoms with Crippen molar-refractivity contribution in [3.8, 4) is 0 Å². The fourth-order valence-electron chi connectivity index (χ4n) is 0.693. The van der Waals surface area contributed by atoms with E-state index < -0.39 is 0 Å². The van der Waals surface area contributed by atoms with E-state index in [1.54, 1.807) is 11.3 Å². The molecule has 12 heavy (non-hydrogen) atoms. The van der Waals surface area contributed by atoms with Crippen molar-refractivity contribution in [3.05, 3.63) is 10.6 Å². The molecule has 0 saturated heterocycles. The third-order valence-corrected chi connectivity index (χ3v) is 3.90. The van der Waals surface area contributed by atoms with Crippen molar-refractivity contribution >= 4 is 23.1 Å². The molecule has 4 heteroatoms. The van der Waals surface area contributed by atoms with Gasteiger partial charge in [0.1, 0.15) is 5.44 Å². The van der Waals surface area contributed by atoms with E-state index in [9.17, 15) is 5.11 Å². The number of hydrogen-bond donors (Lipinski definition) is 1. The maximum atomic E-state index is 9.34. The van der Waals surface area contributed by atoms with Crippen LogP contribution in [0.3, 0.4) is 0 Å². The molecule has 0 amide bonds. The first kappa shape index (κ1) is 10.0. The van der Waals surface area contributed by atoms with Gasteiger partial charge in [-0.05, 0) is 20.3 Å². The Labute approximate surface area is 81.0 Å². The van der Waals surface area contributed by atoms with E-state index in [4.69, 9.17) is 0 Å². The molecule has 0 spiro atoms. The summed E-state index contributed by atoms with van der Waals surface area (Å²) in [6.45, 7) is 6.01. The fraction of sp³-hybridized carbons (Fsp3) is 0.625. The smallest absolute Gasteiger partial charge is 0.152 e. The number of hydrogen-bond acceptors (Lipinski definition) is 4. The molecule has 68 valence electrons. The summed E-state index contributed by atoms with van der Waals surface area (Å²) in [6, 6.07) is 0. The van der Waals surface area contributed by atoms with Gasteiger partial charge in [-0.15, -0.1) is 11.3 Å². The molecule has 1 N–H and O–H groups in total. The van der Waals surface area contributed by atoms with Gasteiger partial charge < -0.3 is 5.11 Å². The minimum atomic E-state index is -0.310.